The second-order valence-electron chi connectivity index (χ2n) is 2.67. The van der Waals surface area contributed by atoms with Crippen LogP contribution in [0.5, 0.6) is 0 Å². The SMILES string of the molecule is N#CCc1ccc(F)c(CC#N)c1F. The first-order chi connectivity index (χ1) is 6.70. The van der Waals surface area contributed by atoms with E-state index in [9.17, 15) is 8.78 Å². The highest BCUT2D eigenvalue weighted by Crippen LogP contribution is 2.17. The smallest absolute Gasteiger partial charge is 0.134 e. The van der Waals surface area contributed by atoms with Crippen LogP contribution in [0.15, 0.2) is 12.1 Å². The monoisotopic (exact) mass is 192 g/mol. The van der Waals surface area contributed by atoms with Gasteiger partial charge in [0, 0.05) is 11.1 Å². The van der Waals surface area contributed by atoms with E-state index >= 15 is 0 Å². The molecule has 0 fully saturated rings. The Labute approximate surface area is 80.0 Å². The summed E-state index contributed by atoms with van der Waals surface area (Å²) in [7, 11) is 0. The molecule has 0 amide bonds. The Bertz CT molecular complexity index is 427. The van der Waals surface area contributed by atoms with E-state index in [0.717, 1.165) is 6.07 Å². The molecule has 1 aromatic rings. The van der Waals surface area contributed by atoms with Crippen LogP contribution in [0.4, 0.5) is 8.78 Å². The van der Waals surface area contributed by atoms with Gasteiger partial charge in [0.2, 0.25) is 0 Å². The second kappa shape index (κ2) is 4.34. The first-order valence-corrected chi connectivity index (χ1v) is 3.90. The van der Waals surface area contributed by atoms with E-state index in [1.165, 1.54) is 6.07 Å². The Balaban J connectivity index is 3.21. The van der Waals surface area contributed by atoms with Gasteiger partial charge in [-0.25, -0.2) is 8.78 Å². The zero-order valence-corrected chi connectivity index (χ0v) is 7.22. The van der Waals surface area contributed by atoms with Gasteiger partial charge in [0.1, 0.15) is 11.6 Å². The molecule has 0 aliphatic rings. The molecular formula is C10H6F2N2. The van der Waals surface area contributed by atoms with Crippen LogP contribution in [0.2, 0.25) is 0 Å². The summed E-state index contributed by atoms with van der Waals surface area (Å²) < 4.78 is 26.3. The number of nitrogens with zero attached hydrogens (tertiary/aromatic N) is 2. The lowest BCUT2D eigenvalue weighted by Gasteiger charge is -2.03. The van der Waals surface area contributed by atoms with Crippen molar-refractivity contribution in [3.8, 4) is 12.1 Å². The Morgan fingerprint density at radius 3 is 2.29 bits per heavy atom. The van der Waals surface area contributed by atoms with Crippen LogP contribution in [0.25, 0.3) is 0 Å². The van der Waals surface area contributed by atoms with Crippen molar-refractivity contribution >= 4 is 0 Å². The minimum atomic E-state index is -0.784. The highest BCUT2D eigenvalue weighted by molar-refractivity contribution is 5.30. The van der Waals surface area contributed by atoms with Crippen LogP contribution in [0.3, 0.4) is 0 Å². The standard InChI is InChI=1S/C10H6F2N2/c11-9-2-1-7(3-5-13)10(12)8(9)4-6-14/h1-2H,3-4H2. The van der Waals surface area contributed by atoms with Gasteiger partial charge in [0.05, 0.1) is 25.0 Å². The molecule has 2 nitrogen and oxygen atoms in total. The molecule has 0 spiro atoms. The van der Waals surface area contributed by atoms with E-state index < -0.39 is 11.6 Å². The van der Waals surface area contributed by atoms with Gasteiger partial charge in [0.25, 0.3) is 0 Å². The molecule has 4 heteroatoms. The van der Waals surface area contributed by atoms with Gasteiger partial charge in [-0.05, 0) is 6.07 Å². The molecule has 0 heterocycles. The molecular weight excluding hydrogens is 186 g/mol. The summed E-state index contributed by atoms with van der Waals surface area (Å²) in [6.07, 6.45) is -0.443. The Hall–Kier alpha value is -1.94. The number of rotatable bonds is 2. The highest BCUT2D eigenvalue weighted by atomic mass is 19.1. The van der Waals surface area contributed by atoms with Crippen LogP contribution in [-0.2, 0) is 12.8 Å². The summed E-state index contributed by atoms with van der Waals surface area (Å²) >= 11 is 0. The van der Waals surface area contributed by atoms with E-state index in [2.05, 4.69) is 0 Å². The summed E-state index contributed by atoms with van der Waals surface area (Å²) in [5.41, 5.74) is -0.139. The van der Waals surface area contributed by atoms with Crippen molar-refractivity contribution in [3.63, 3.8) is 0 Å². The van der Waals surface area contributed by atoms with Crippen molar-refractivity contribution in [1.82, 2.24) is 0 Å². The van der Waals surface area contributed by atoms with Crippen LogP contribution >= 0.6 is 0 Å². The quantitative estimate of drug-likeness (QED) is 0.720. The zero-order valence-electron chi connectivity index (χ0n) is 7.22. The number of benzene rings is 1. The summed E-state index contributed by atoms with van der Waals surface area (Å²) in [5.74, 6) is -1.53. The van der Waals surface area contributed by atoms with Crippen LogP contribution in [-0.4, -0.2) is 0 Å². The Morgan fingerprint density at radius 1 is 1.07 bits per heavy atom. The summed E-state index contributed by atoms with van der Waals surface area (Å²) in [6, 6.07) is 5.73. The fourth-order valence-corrected chi connectivity index (χ4v) is 1.11. The molecule has 0 radical (unpaired) electrons. The van der Waals surface area contributed by atoms with Crippen molar-refractivity contribution in [1.29, 1.82) is 10.5 Å². The molecule has 0 bridgehead atoms. The predicted molar refractivity (Wildman–Crippen MR) is 45.0 cm³/mol. The normalized spacial score (nSPS) is 9.14. The van der Waals surface area contributed by atoms with Crippen LogP contribution in [0.1, 0.15) is 11.1 Å². The average Bonchev–Trinajstić information content (AvgIpc) is 2.17. The van der Waals surface area contributed by atoms with Crippen molar-refractivity contribution in [2.45, 2.75) is 12.8 Å². The van der Waals surface area contributed by atoms with Crippen molar-refractivity contribution < 1.29 is 8.78 Å². The Morgan fingerprint density at radius 2 is 1.71 bits per heavy atom. The average molecular weight is 192 g/mol. The van der Waals surface area contributed by atoms with Gasteiger partial charge < -0.3 is 0 Å². The maximum absolute atomic E-state index is 13.4. The first kappa shape index (κ1) is 10.1. The van der Waals surface area contributed by atoms with E-state index in [0.29, 0.717) is 0 Å². The second-order valence-corrected chi connectivity index (χ2v) is 2.67. The van der Waals surface area contributed by atoms with E-state index in [-0.39, 0.29) is 24.0 Å². The van der Waals surface area contributed by atoms with Gasteiger partial charge in [-0.1, -0.05) is 6.07 Å². The zero-order chi connectivity index (χ0) is 10.6. The summed E-state index contributed by atoms with van der Waals surface area (Å²) in [6.45, 7) is 0. The third kappa shape index (κ3) is 1.86. The van der Waals surface area contributed by atoms with Crippen molar-refractivity contribution in [2.75, 3.05) is 0 Å². The van der Waals surface area contributed by atoms with E-state index in [1.54, 1.807) is 12.1 Å². The maximum Gasteiger partial charge on any atom is 0.134 e. The number of hydrogen-bond donors (Lipinski definition) is 0. The van der Waals surface area contributed by atoms with Gasteiger partial charge >= 0.3 is 0 Å². The molecule has 14 heavy (non-hydrogen) atoms. The maximum atomic E-state index is 13.4. The summed E-state index contributed by atoms with van der Waals surface area (Å²) in [5, 5.41) is 16.7. The molecule has 0 saturated heterocycles. The van der Waals surface area contributed by atoms with E-state index in [4.69, 9.17) is 10.5 Å². The largest absolute Gasteiger partial charge is 0.207 e. The number of nitriles is 2. The molecule has 0 aliphatic carbocycles. The molecule has 0 aliphatic heterocycles. The molecule has 70 valence electrons. The predicted octanol–water partition coefficient (Wildman–Crippen LogP) is 2.10. The first-order valence-electron chi connectivity index (χ1n) is 3.90. The van der Waals surface area contributed by atoms with Gasteiger partial charge in [0.15, 0.2) is 0 Å². The molecule has 1 rings (SSSR count). The molecule has 0 unspecified atom stereocenters. The van der Waals surface area contributed by atoms with Crippen LogP contribution in [0, 0.1) is 34.3 Å². The minimum Gasteiger partial charge on any atom is -0.207 e. The molecule has 0 N–H and O–H groups in total. The Kier molecular flexibility index (Phi) is 3.14. The molecule has 1 aromatic carbocycles. The molecule has 0 aromatic heterocycles. The molecule has 0 saturated carbocycles. The lowest BCUT2D eigenvalue weighted by Crippen LogP contribution is -1.99. The van der Waals surface area contributed by atoms with Gasteiger partial charge in [-0.15, -0.1) is 0 Å². The number of hydrogen-bond acceptors (Lipinski definition) is 2. The fourth-order valence-electron chi connectivity index (χ4n) is 1.11. The highest BCUT2D eigenvalue weighted by Gasteiger charge is 2.12. The molecule has 0 atom stereocenters. The minimum absolute atomic E-state index is 0.120. The van der Waals surface area contributed by atoms with Crippen LogP contribution < -0.4 is 0 Å². The summed E-state index contributed by atoms with van der Waals surface area (Å²) in [4.78, 5) is 0. The van der Waals surface area contributed by atoms with Gasteiger partial charge in [-0.2, -0.15) is 10.5 Å². The fraction of sp³-hybridized carbons (Fsp3) is 0.200. The third-order valence-corrected chi connectivity index (χ3v) is 1.79. The topological polar surface area (TPSA) is 47.6 Å². The number of halogens is 2. The lowest BCUT2D eigenvalue weighted by molar-refractivity contribution is 0.555. The van der Waals surface area contributed by atoms with Crippen molar-refractivity contribution in [2.24, 2.45) is 0 Å². The van der Waals surface area contributed by atoms with E-state index in [1.807, 2.05) is 0 Å². The van der Waals surface area contributed by atoms with Gasteiger partial charge in [-0.3, -0.25) is 0 Å². The third-order valence-electron chi connectivity index (χ3n) is 1.79. The van der Waals surface area contributed by atoms with Crippen molar-refractivity contribution in [3.05, 3.63) is 34.9 Å². The lowest BCUT2D eigenvalue weighted by atomic mass is 10.0.